The van der Waals surface area contributed by atoms with Crippen LogP contribution in [-0.4, -0.2) is 47.4 Å². The summed E-state index contributed by atoms with van der Waals surface area (Å²) >= 11 is 0. The number of carbonyl (C=O) groups excluding carboxylic acids is 2. The minimum atomic E-state index is -0.671. The number of unbranched alkanes of at least 4 members (excludes halogenated alkanes) is 50. The van der Waals surface area contributed by atoms with Crippen LogP contribution in [0.2, 0.25) is 0 Å². The maximum atomic E-state index is 12.5. The molecular formula is C70H135NO5. The molecule has 0 rings (SSSR count). The Kier molecular flexibility index (Phi) is 64.4. The molecule has 0 aromatic heterocycles. The van der Waals surface area contributed by atoms with Crippen molar-refractivity contribution >= 4 is 11.9 Å². The third kappa shape index (κ3) is 61.6. The molecule has 0 fully saturated rings. The van der Waals surface area contributed by atoms with Crippen molar-refractivity contribution in [3.05, 3.63) is 24.3 Å². The fourth-order valence-electron chi connectivity index (χ4n) is 10.9. The van der Waals surface area contributed by atoms with E-state index in [0.29, 0.717) is 25.9 Å². The van der Waals surface area contributed by atoms with Gasteiger partial charge in [0.15, 0.2) is 0 Å². The zero-order valence-electron chi connectivity index (χ0n) is 51.5. The number of esters is 1. The molecule has 0 saturated carbocycles. The molecular weight excluding hydrogens is 935 g/mol. The minimum Gasteiger partial charge on any atom is -0.466 e. The average Bonchev–Trinajstić information content (AvgIpc) is 3.42. The number of amides is 1. The molecule has 0 bridgehead atoms. The minimum absolute atomic E-state index is 0.000701. The Morgan fingerprint density at radius 2 is 0.618 bits per heavy atom. The van der Waals surface area contributed by atoms with E-state index in [1.807, 2.05) is 0 Å². The molecule has 0 radical (unpaired) electrons. The average molecular weight is 1070 g/mol. The highest BCUT2D eigenvalue weighted by Crippen LogP contribution is 2.19. The van der Waals surface area contributed by atoms with Crippen molar-refractivity contribution in [3.63, 3.8) is 0 Å². The molecule has 3 N–H and O–H groups in total. The van der Waals surface area contributed by atoms with Crippen LogP contribution < -0.4 is 5.32 Å². The van der Waals surface area contributed by atoms with E-state index in [4.69, 9.17) is 4.74 Å². The first-order valence-corrected chi connectivity index (χ1v) is 34.6. The van der Waals surface area contributed by atoms with Gasteiger partial charge < -0.3 is 20.3 Å². The zero-order chi connectivity index (χ0) is 55.0. The first-order valence-electron chi connectivity index (χ1n) is 34.6. The van der Waals surface area contributed by atoms with E-state index in [9.17, 15) is 19.8 Å². The highest BCUT2D eigenvalue weighted by atomic mass is 16.5. The quantitative estimate of drug-likeness (QED) is 0.0320. The lowest BCUT2D eigenvalue weighted by Gasteiger charge is -2.22. The van der Waals surface area contributed by atoms with E-state index >= 15 is 0 Å². The summed E-state index contributed by atoms with van der Waals surface area (Å²) in [5.74, 6) is -0.0401. The second-order valence-corrected chi connectivity index (χ2v) is 23.9. The summed E-state index contributed by atoms with van der Waals surface area (Å²) in [6.45, 7) is 4.97. The highest BCUT2D eigenvalue weighted by molar-refractivity contribution is 5.76. The number of ether oxygens (including phenoxy) is 1. The lowest BCUT2D eigenvalue weighted by atomic mass is 10.0. The number of aliphatic hydroxyl groups is 2. The number of nitrogens with one attached hydrogen (secondary N) is 1. The molecule has 0 aromatic rings. The Labute approximate surface area is 475 Å². The van der Waals surface area contributed by atoms with Gasteiger partial charge in [0.05, 0.1) is 25.4 Å². The van der Waals surface area contributed by atoms with Gasteiger partial charge in [-0.3, -0.25) is 9.59 Å². The Hall–Kier alpha value is -1.66. The SMILES string of the molecule is CCCCCCCC/C=C\CCCCCCCC(=O)OCCCCCCCCCCC/C=C\CCCCCCCCCC(=O)NC(CO)C(O)CCCCCCCCCCCCCCCCCCCCCCCCCC. The van der Waals surface area contributed by atoms with Crippen LogP contribution in [0.25, 0.3) is 0 Å². The van der Waals surface area contributed by atoms with Gasteiger partial charge in [0.2, 0.25) is 5.91 Å². The number of rotatable bonds is 65. The van der Waals surface area contributed by atoms with Crippen molar-refractivity contribution in [1.29, 1.82) is 0 Å². The van der Waals surface area contributed by atoms with Crippen LogP contribution >= 0.6 is 0 Å². The van der Waals surface area contributed by atoms with Crippen LogP contribution in [0.5, 0.6) is 0 Å². The van der Waals surface area contributed by atoms with Gasteiger partial charge in [-0.25, -0.2) is 0 Å². The van der Waals surface area contributed by atoms with E-state index in [2.05, 4.69) is 43.5 Å². The summed E-state index contributed by atoms with van der Waals surface area (Å²) in [5.41, 5.74) is 0. The van der Waals surface area contributed by atoms with Crippen molar-refractivity contribution in [2.24, 2.45) is 0 Å². The predicted octanol–water partition coefficient (Wildman–Crippen LogP) is 22.1. The van der Waals surface area contributed by atoms with Gasteiger partial charge in [-0.2, -0.15) is 0 Å². The smallest absolute Gasteiger partial charge is 0.305 e. The van der Waals surface area contributed by atoms with Crippen LogP contribution in [0.1, 0.15) is 386 Å². The van der Waals surface area contributed by atoms with Gasteiger partial charge in [-0.05, 0) is 77.0 Å². The van der Waals surface area contributed by atoms with Crippen LogP contribution in [-0.2, 0) is 14.3 Å². The van der Waals surface area contributed by atoms with E-state index in [1.54, 1.807) is 0 Å². The fraction of sp³-hybridized carbons (Fsp3) is 0.914. The van der Waals surface area contributed by atoms with E-state index in [1.165, 1.54) is 308 Å². The predicted molar refractivity (Wildman–Crippen MR) is 333 cm³/mol. The van der Waals surface area contributed by atoms with Crippen molar-refractivity contribution in [2.45, 2.75) is 398 Å². The first-order chi connectivity index (χ1) is 37.5. The highest BCUT2D eigenvalue weighted by Gasteiger charge is 2.20. The Morgan fingerprint density at radius 3 is 0.934 bits per heavy atom. The molecule has 0 aliphatic rings. The molecule has 76 heavy (non-hydrogen) atoms. The van der Waals surface area contributed by atoms with Crippen LogP contribution in [0, 0.1) is 0 Å². The standard InChI is InChI=1S/C70H135NO5/c1-3-5-7-9-11-13-15-17-19-20-21-22-23-24-25-28-31-35-38-42-46-50-54-58-62-68(73)67(66-72)71-69(74)63-59-55-51-47-43-39-36-32-29-26-27-30-33-37-41-45-49-53-57-61-65-76-70(75)64-60-56-52-48-44-40-34-18-16-14-12-10-8-6-4-2/h18,26,29,34,67-68,72-73H,3-17,19-25,27-28,30-33,35-66H2,1-2H3,(H,71,74)/b29-26-,34-18-. The van der Waals surface area contributed by atoms with Crippen LogP contribution in [0.15, 0.2) is 24.3 Å². The Morgan fingerprint density at radius 1 is 0.355 bits per heavy atom. The summed E-state index contributed by atoms with van der Waals surface area (Å²) in [7, 11) is 0. The fourth-order valence-corrected chi connectivity index (χ4v) is 10.9. The van der Waals surface area contributed by atoms with Crippen molar-refractivity contribution < 1.29 is 24.5 Å². The number of allylic oxidation sites excluding steroid dienone is 4. The summed E-state index contributed by atoms with van der Waals surface area (Å²) < 4.78 is 5.48. The monoisotopic (exact) mass is 1070 g/mol. The maximum Gasteiger partial charge on any atom is 0.305 e. The van der Waals surface area contributed by atoms with Crippen LogP contribution in [0.3, 0.4) is 0 Å². The summed E-state index contributed by atoms with van der Waals surface area (Å²) in [6.07, 6.45) is 82.1. The molecule has 0 saturated heterocycles. The molecule has 2 unspecified atom stereocenters. The normalized spacial score (nSPS) is 12.6. The molecule has 6 nitrogen and oxygen atoms in total. The molecule has 0 aliphatic carbocycles. The third-order valence-electron chi connectivity index (χ3n) is 16.2. The number of hydrogen-bond donors (Lipinski definition) is 3. The third-order valence-corrected chi connectivity index (χ3v) is 16.2. The number of aliphatic hydroxyl groups excluding tert-OH is 2. The van der Waals surface area contributed by atoms with Gasteiger partial charge >= 0.3 is 5.97 Å². The second-order valence-electron chi connectivity index (χ2n) is 23.9. The second kappa shape index (κ2) is 65.9. The molecule has 6 heteroatoms. The maximum absolute atomic E-state index is 12.5. The van der Waals surface area contributed by atoms with Gasteiger partial charge in [0, 0.05) is 12.8 Å². The summed E-state index contributed by atoms with van der Waals surface area (Å²) in [5, 5.41) is 23.4. The molecule has 0 aromatic carbocycles. The molecule has 0 heterocycles. The molecule has 0 aliphatic heterocycles. The largest absolute Gasteiger partial charge is 0.466 e. The Balaban J connectivity index is 3.43. The molecule has 0 spiro atoms. The first kappa shape index (κ1) is 74.3. The molecule has 2 atom stereocenters. The van der Waals surface area contributed by atoms with Crippen molar-refractivity contribution in [3.8, 4) is 0 Å². The molecule has 1 amide bonds. The lowest BCUT2D eigenvalue weighted by Crippen LogP contribution is -2.45. The van der Waals surface area contributed by atoms with E-state index in [-0.39, 0.29) is 18.5 Å². The number of hydrogen-bond acceptors (Lipinski definition) is 5. The lowest BCUT2D eigenvalue weighted by molar-refractivity contribution is -0.143. The van der Waals surface area contributed by atoms with E-state index < -0.39 is 12.1 Å². The number of carbonyl (C=O) groups is 2. The van der Waals surface area contributed by atoms with Gasteiger partial charge in [0.1, 0.15) is 0 Å². The van der Waals surface area contributed by atoms with Gasteiger partial charge in [0.25, 0.3) is 0 Å². The van der Waals surface area contributed by atoms with Crippen LogP contribution in [0.4, 0.5) is 0 Å². The van der Waals surface area contributed by atoms with Gasteiger partial charge in [-0.15, -0.1) is 0 Å². The Bertz CT molecular complexity index is 1190. The zero-order valence-corrected chi connectivity index (χ0v) is 51.5. The van der Waals surface area contributed by atoms with Gasteiger partial charge in [-0.1, -0.05) is 321 Å². The van der Waals surface area contributed by atoms with Crippen molar-refractivity contribution in [2.75, 3.05) is 13.2 Å². The van der Waals surface area contributed by atoms with Crippen molar-refractivity contribution in [1.82, 2.24) is 5.32 Å². The molecule has 450 valence electrons. The summed E-state index contributed by atoms with van der Waals surface area (Å²) in [4.78, 5) is 24.6. The topological polar surface area (TPSA) is 95.9 Å². The summed E-state index contributed by atoms with van der Waals surface area (Å²) in [6, 6.07) is -0.549. The van der Waals surface area contributed by atoms with E-state index in [0.717, 1.165) is 44.9 Å².